The third-order valence-corrected chi connectivity index (χ3v) is 7.40. The summed E-state index contributed by atoms with van der Waals surface area (Å²) in [5, 5.41) is 8.00. The zero-order chi connectivity index (χ0) is 21.9. The van der Waals surface area contributed by atoms with Crippen molar-refractivity contribution in [3.05, 3.63) is 71.3 Å². The van der Waals surface area contributed by atoms with Gasteiger partial charge in [0.2, 0.25) is 0 Å². The van der Waals surface area contributed by atoms with Gasteiger partial charge in [-0.25, -0.2) is 17.2 Å². The minimum atomic E-state index is -4.19. The van der Waals surface area contributed by atoms with Crippen LogP contribution in [0.25, 0.3) is 0 Å². The minimum Gasteiger partial charge on any atom is -0.490 e. The van der Waals surface area contributed by atoms with Gasteiger partial charge in [0.05, 0.1) is 36.4 Å². The van der Waals surface area contributed by atoms with Gasteiger partial charge in [-0.3, -0.25) is 0 Å². The Kier molecular flexibility index (Phi) is 7.13. The van der Waals surface area contributed by atoms with E-state index in [-0.39, 0.29) is 36.7 Å². The maximum atomic E-state index is 14.9. The van der Waals surface area contributed by atoms with E-state index < -0.39 is 44.5 Å². The number of hydrogen-bond acceptors (Lipinski definition) is 5. The fraction of sp³-hybridized carbons (Fsp3) is 0.333. The molecule has 1 unspecified atom stereocenters. The molecule has 9 heteroatoms. The lowest BCUT2D eigenvalue weighted by atomic mass is 9.89. The third-order valence-electron chi connectivity index (χ3n) is 4.96. The third kappa shape index (κ3) is 4.37. The van der Waals surface area contributed by atoms with Crippen molar-refractivity contribution in [1.29, 1.82) is 0 Å². The van der Waals surface area contributed by atoms with E-state index in [1.807, 2.05) is 0 Å². The number of hydrogen-bond donors (Lipinski definition) is 1. The van der Waals surface area contributed by atoms with Crippen molar-refractivity contribution in [2.24, 2.45) is 5.92 Å². The van der Waals surface area contributed by atoms with E-state index in [1.54, 1.807) is 0 Å². The molecule has 1 N–H and O–H groups in total. The second kappa shape index (κ2) is 9.43. The van der Waals surface area contributed by atoms with Gasteiger partial charge in [0.25, 0.3) is 0 Å². The number of sulfone groups is 1. The van der Waals surface area contributed by atoms with Crippen LogP contribution in [-0.2, 0) is 14.6 Å². The number of rotatable bonds is 8. The van der Waals surface area contributed by atoms with Gasteiger partial charge in [-0.2, -0.15) is 0 Å². The summed E-state index contributed by atoms with van der Waals surface area (Å²) in [7, 11) is -4.19. The van der Waals surface area contributed by atoms with Crippen LogP contribution < -0.4 is 4.74 Å². The van der Waals surface area contributed by atoms with E-state index in [4.69, 9.17) is 26.2 Å². The molecule has 1 heterocycles. The summed E-state index contributed by atoms with van der Waals surface area (Å²) >= 11 is 5.87. The highest BCUT2D eigenvalue weighted by Crippen LogP contribution is 2.47. The van der Waals surface area contributed by atoms with E-state index in [0.717, 1.165) is 12.1 Å². The van der Waals surface area contributed by atoms with Crippen LogP contribution in [0.15, 0.2) is 53.9 Å². The Morgan fingerprint density at radius 1 is 1.23 bits per heavy atom. The Morgan fingerprint density at radius 2 is 1.90 bits per heavy atom. The molecular formula is C21H21ClF2O5S. The van der Waals surface area contributed by atoms with Gasteiger partial charge in [-0.15, -0.1) is 6.58 Å². The Balaban J connectivity index is 2.19. The van der Waals surface area contributed by atoms with Gasteiger partial charge >= 0.3 is 0 Å². The lowest BCUT2D eigenvalue weighted by Gasteiger charge is -2.37. The van der Waals surface area contributed by atoms with Crippen molar-refractivity contribution < 1.29 is 31.8 Å². The molecule has 2 aromatic carbocycles. The van der Waals surface area contributed by atoms with Crippen LogP contribution in [0.4, 0.5) is 8.78 Å². The van der Waals surface area contributed by atoms with E-state index in [9.17, 15) is 17.2 Å². The van der Waals surface area contributed by atoms with Crippen molar-refractivity contribution in [1.82, 2.24) is 0 Å². The van der Waals surface area contributed by atoms with Gasteiger partial charge in [0.15, 0.2) is 21.4 Å². The smallest absolute Gasteiger partial charge is 0.186 e. The molecule has 0 spiro atoms. The lowest BCUT2D eigenvalue weighted by molar-refractivity contribution is -0.0223. The number of fused-ring (bicyclic) bond motifs is 1. The van der Waals surface area contributed by atoms with Crippen LogP contribution in [0, 0.1) is 17.6 Å². The summed E-state index contributed by atoms with van der Waals surface area (Å²) < 4.78 is 67.5. The van der Waals surface area contributed by atoms with Crippen LogP contribution in [-0.4, -0.2) is 39.4 Å². The van der Waals surface area contributed by atoms with Gasteiger partial charge in [0, 0.05) is 10.9 Å². The maximum absolute atomic E-state index is 14.9. The molecule has 0 amide bonds. The van der Waals surface area contributed by atoms with E-state index >= 15 is 0 Å². The summed E-state index contributed by atoms with van der Waals surface area (Å²) in [5.41, 5.74) is -0.372. The molecule has 0 bridgehead atoms. The average Bonchev–Trinajstić information content (AvgIpc) is 2.73. The van der Waals surface area contributed by atoms with Gasteiger partial charge in [0.1, 0.15) is 11.1 Å². The zero-order valence-corrected chi connectivity index (χ0v) is 17.5. The SMILES string of the molecule is C=CC[C@H](OCCO)C1COc2c(F)ccc(F)c2[C@H]1S(=O)(=O)c1ccc(Cl)cc1. The quantitative estimate of drug-likeness (QED) is 0.603. The fourth-order valence-electron chi connectivity index (χ4n) is 3.63. The molecule has 3 atom stereocenters. The molecule has 0 radical (unpaired) electrons. The van der Waals surface area contributed by atoms with Gasteiger partial charge in [-0.05, 0) is 42.8 Å². The molecule has 3 rings (SSSR count). The van der Waals surface area contributed by atoms with Crippen molar-refractivity contribution in [2.75, 3.05) is 19.8 Å². The highest BCUT2D eigenvalue weighted by molar-refractivity contribution is 7.91. The summed E-state index contributed by atoms with van der Waals surface area (Å²) in [6.45, 7) is 3.10. The lowest BCUT2D eigenvalue weighted by Crippen LogP contribution is -2.41. The van der Waals surface area contributed by atoms with Crippen LogP contribution >= 0.6 is 11.6 Å². The van der Waals surface area contributed by atoms with Crippen LogP contribution in [0.1, 0.15) is 17.2 Å². The molecule has 162 valence electrons. The van der Waals surface area contributed by atoms with E-state index in [2.05, 4.69) is 6.58 Å². The monoisotopic (exact) mass is 458 g/mol. The second-order valence-electron chi connectivity index (χ2n) is 6.82. The highest BCUT2D eigenvalue weighted by Gasteiger charge is 2.47. The fourth-order valence-corrected chi connectivity index (χ4v) is 5.81. The summed E-state index contributed by atoms with van der Waals surface area (Å²) in [4.78, 5) is -0.0853. The van der Waals surface area contributed by atoms with Crippen molar-refractivity contribution >= 4 is 21.4 Å². The van der Waals surface area contributed by atoms with Crippen molar-refractivity contribution in [3.8, 4) is 5.75 Å². The predicted molar refractivity (Wildman–Crippen MR) is 108 cm³/mol. The first-order valence-corrected chi connectivity index (χ1v) is 11.2. The van der Waals surface area contributed by atoms with E-state index in [1.165, 1.54) is 30.3 Å². The summed E-state index contributed by atoms with van der Waals surface area (Å²) in [5.74, 6) is -3.04. The largest absolute Gasteiger partial charge is 0.490 e. The number of ether oxygens (including phenoxy) is 2. The number of aliphatic hydroxyl groups is 1. The normalized spacial score (nSPS) is 19.6. The Bertz CT molecular complexity index is 1010. The highest BCUT2D eigenvalue weighted by atomic mass is 35.5. The second-order valence-corrected chi connectivity index (χ2v) is 9.33. The molecule has 0 aliphatic carbocycles. The topological polar surface area (TPSA) is 72.8 Å². The van der Waals surface area contributed by atoms with Crippen LogP contribution in [0.5, 0.6) is 5.75 Å². The summed E-state index contributed by atoms with van der Waals surface area (Å²) in [6, 6.07) is 7.23. The predicted octanol–water partition coefficient (Wildman–Crippen LogP) is 4.10. The molecule has 0 fully saturated rings. The standard InChI is InChI=1S/C21H21ClF2O5S/c1-2-3-18(28-11-10-25)15-12-29-20-17(24)9-8-16(23)19(20)21(15)30(26,27)14-6-4-13(22)5-7-14/h2,4-9,15,18,21,25H,1,3,10-12H2/t15?,18-,21-/m0/s1. The first-order valence-electron chi connectivity index (χ1n) is 9.24. The molecule has 5 nitrogen and oxygen atoms in total. The van der Waals surface area contributed by atoms with Crippen LogP contribution in [0.3, 0.4) is 0 Å². The van der Waals surface area contributed by atoms with Crippen molar-refractivity contribution in [2.45, 2.75) is 22.7 Å². The number of halogens is 3. The van der Waals surface area contributed by atoms with Gasteiger partial charge in [-0.1, -0.05) is 17.7 Å². The Morgan fingerprint density at radius 3 is 2.53 bits per heavy atom. The summed E-state index contributed by atoms with van der Waals surface area (Å²) in [6.07, 6.45) is 1.01. The molecule has 1 aliphatic rings. The zero-order valence-electron chi connectivity index (χ0n) is 15.9. The number of benzene rings is 2. The molecule has 1 aliphatic heterocycles. The first kappa shape index (κ1) is 22.7. The van der Waals surface area contributed by atoms with Crippen LogP contribution in [0.2, 0.25) is 5.02 Å². The Labute approximate surface area is 178 Å². The average molecular weight is 459 g/mol. The molecule has 2 aromatic rings. The van der Waals surface area contributed by atoms with E-state index in [0.29, 0.717) is 5.02 Å². The molecule has 0 saturated heterocycles. The molecule has 30 heavy (non-hydrogen) atoms. The Hall–Kier alpha value is -2.00. The molecule has 0 saturated carbocycles. The number of aliphatic hydroxyl groups excluding tert-OH is 1. The van der Waals surface area contributed by atoms with Crippen molar-refractivity contribution in [3.63, 3.8) is 0 Å². The first-order chi connectivity index (χ1) is 14.3. The molecule has 0 aromatic heterocycles. The maximum Gasteiger partial charge on any atom is 0.186 e. The molecular weight excluding hydrogens is 438 g/mol. The minimum absolute atomic E-state index is 0.0544. The van der Waals surface area contributed by atoms with Gasteiger partial charge < -0.3 is 14.6 Å².